The molecule has 21 heavy (non-hydrogen) atoms. The number of aliphatic carboxylic acids is 1. The molecule has 0 amide bonds. The van der Waals surface area contributed by atoms with Crippen LogP contribution in [0.3, 0.4) is 0 Å². The highest BCUT2D eigenvalue weighted by molar-refractivity contribution is 7.89. The van der Waals surface area contributed by atoms with Gasteiger partial charge in [-0.1, -0.05) is 6.92 Å². The van der Waals surface area contributed by atoms with Gasteiger partial charge in [0.2, 0.25) is 10.0 Å². The maximum atomic E-state index is 12.0. The maximum absolute atomic E-state index is 12.0. The van der Waals surface area contributed by atoms with E-state index in [1.54, 1.807) is 6.92 Å². The van der Waals surface area contributed by atoms with Crippen LogP contribution in [0.5, 0.6) is 0 Å². The summed E-state index contributed by atoms with van der Waals surface area (Å²) in [7, 11) is -7.36. The molecule has 0 aromatic carbocycles. The Morgan fingerprint density at radius 3 is 2.52 bits per heavy atom. The van der Waals surface area contributed by atoms with Gasteiger partial charge in [0.15, 0.2) is 0 Å². The van der Waals surface area contributed by atoms with E-state index in [0.29, 0.717) is 12.8 Å². The van der Waals surface area contributed by atoms with E-state index in [1.165, 1.54) is 0 Å². The topological polar surface area (TPSA) is 133 Å². The second-order valence-electron chi connectivity index (χ2n) is 4.75. The Bertz CT molecular complexity index is 559. The minimum absolute atomic E-state index is 0.0926. The van der Waals surface area contributed by atoms with Gasteiger partial charge < -0.3 is 5.11 Å². The van der Waals surface area contributed by atoms with Gasteiger partial charge in [-0.2, -0.15) is 12.7 Å². The lowest BCUT2D eigenvalue weighted by Crippen LogP contribution is -2.48. The van der Waals surface area contributed by atoms with Crippen LogP contribution in [0, 0.1) is 5.92 Å². The molecule has 1 unspecified atom stereocenters. The van der Waals surface area contributed by atoms with Gasteiger partial charge in [-0.3, -0.25) is 4.79 Å². The smallest absolute Gasteiger partial charge is 0.307 e. The first kappa shape index (κ1) is 18.3. The first-order valence-corrected chi connectivity index (χ1v) is 9.72. The van der Waals surface area contributed by atoms with Crippen LogP contribution >= 0.6 is 0 Å². The quantitative estimate of drug-likeness (QED) is 0.494. The highest BCUT2D eigenvalue weighted by Gasteiger charge is 2.32. The average molecular weight is 343 g/mol. The highest BCUT2D eigenvalue weighted by atomic mass is 32.2. The Balaban J connectivity index is 2.55. The van der Waals surface area contributed by atoms with Crippen molar-refractivity contribution < 1.29 is 26.7 Å². The van der Waals surface area contributed by atoms with Crippen molar-refractivity contribution in [1.29, 1.82) is 0 Å². The molecule has 1 aliphatic rings. The van der Waals surface area contributed by atoms with Gasteiger partial charge in [0.1, 0.15) is 0 Å². The number of carboxylic acid groups (broad SMARTS) is 1. The second-order valence-corrected chi connectivity index (χ2v) is 8.43. The number of carbonyl (C=O) groups is 1. The lowest BCUT2D eigenvalue weighted by atomic mass is 10.0. The minimum atomic E-state index is -3.86. The fourth-order valence-electron chi connectivity index (χ4n) is 2.05. The zero-order valence-corrected chi connectivity index (χ0v) is 13.4. The van der Waals surface area contributed by atoms with E-state index in [4.69, 9.17) is 5.11 Å². The summed E-state index contributed by atoms with van der Waals surface area (Å²) in [6.07, 6.45) is 0.906. The zero-order chi connectivity index (χ0) is 16.1. The number of piperidine rings is 1. The lowest BCUT2D eigenvalue weighted by molar-refractivity contribution is -0.142. The molecule has 9 nitrogen and oxygen atoms in total. The van der Waals surface area contributed by atoms with Crippen molar-refractivity contribution in [2.45, 2.75) is 19.8 Å². The van der Waals surface area contributed by atoms with E-state index in [9.17, 15) is 21.6 Å². The van der Waals surface area contributed by atoms with Crippen LogP contribution < -0.4 is 9.44 Å². The molecule has 0 bridgehead atoms. The van der Waals surface area contributed by atoms with Gasteiger partial charge in [0.25, 0.3) is 10.2 Å². The molecule has 0 spiro atoms. The molecule has 3 N–H and O–H groups in total. The summed E-state index contributed by atoms with van der Waals surface area (Å²) < 4.78 is 52.3. The Kier molecular flexibility index (Phi) is 6.53. The summed E-state index contributed by atoms with van der Waals surface area (Å²) in [5.74, 6) is -2.11. The van der Waals surface area contributed by atoms with Crippen molar-refractivity contribution in [1.82, 2.24) is 13.7 Å². The number of sulfonamides is 1. The summed E-state index contributed by atoms with van der Waals surface area (Å²) in [5, 5.41) is 8.93. The standard InChI is InChI=1S/C10H21N3O6S2/c1-2-11-20(16,17)7-5-12-21(18,19)13-6-3-4-9(8-13)10(14)15/h9,11-12H,2-8H2,1H3,(H,14,15). The monoisotopic (exact) mass is 343 g/mol. The number of carboxylic acids is 1. The van der Waals surface area contributed by atoms with Crippen molar-refractivity contribution in [3.05, 3.63) is 0 Å². The lowest BCUT2D eigenvalue weighted by Gasteiger charge is -2.29. The van der Waals surface area contributed by atoms with Crippen LogP contribution in [0.1, 0.15) is 19.8 Å². The van der Waals surface area contributed by atoms with Gasteiger partial charge in [-0.05, 0) is 12.8 Å². The van der Waals surface area contributed by atoms with Crippen LogP contribution in [0.4, 0.5) is 0 Å². The minimum Gasteiger partial charge on any atom is -0.481 e. The molecule has 0 aromatic heterocycles. The molecule has 1 atom stereocenters. The molecule has 0 radical (unpaired) electrons. The molecule has 11 heteroatoms. The van der Waals surface area contributed by atoms with E-state index in [2.05, 4.69) is 9.44 Å². The first-order chi connectivity index (χ1) is 9.68. The van der Waals surface area contributed by atoms with Crippen molar-refractivity contribution in [3.63, 3.8) is 0 Å². The molecule has 124 valence electrons. The van der Waals surface area contributed by atoms with Crippen molar-refractivity contribution in [2.24, 2.45) is 5.92 Å². The third-order valence-electron chi connectivity index (χ3n) is 3.09. The van der Waals surface area contributed by atoms with E-state index in [-0.39, 0.29) is 31.9 Å². The second kappa shape index (κ2) is 7.49. The number of hydrogen-bond acceptors (Lipinski definition) is 5. The van der Waals surface area contributed by atoms with Gasteiger partial charge in [-0.15, -0.1) is 0 Å². The van der Waals surface area contributed by atoms with Crippen molar-refractivity contribution in [3.8, 4) is 0 Å². The molecular weight excluding hydrogens is 322 g/mol. The summed E-state index contributed by atoms with van der Waals surface area (Å²) in [6, 6.07) is 0. The Labute approximate surface area is 124 Å². The Morgan fingerprint density at radius 1 is 1.29 bits per heavy atom. The fraction of sp³-hybridized carbons (Fsp3) is 0.900. The van der Waals surface area contributed by atoms with Crippen LogP contribution in [0.15, 0.2) is 0 Å². The number of nitrogens with zero attached hydrogens (tertiary/aromatic N) is 1. The summed E-state index contributed by atoms with van der Waals surface area (Å²) in [4.78, 5) is 10.9. The highest BCUT2D eigenvalue weighted by Crippen LogP contribution is 2.18. The number of rotatable bonds is 8. The molecular formula is C10H21N3O6S2. The normalized spacial score (nSPS) is 21.3. The van der Waals surface area contributed by atoms with E-state index in [0.717, 1.165) is 4.31 Å². The fourth-order valence-corrected chi connectivity index (χ4v) is 4.42. The zero-order valence-electron chi connectivity index (χ0n) is 11.8. The summed E-state index contributed by atoms with van der Waals surface area (Å²) >= 11 is 0. The third kappa shape index (κ3) is 5.87. The number of hydrogen-bond donors (Lipinski definition) is 3. The number of nitrogens with one attached hydrogen (secondary N) is 2. The average Bonchev–Trinajstić information content (AvgIpc) is 2.38. The molecule has 1 rings (SSSR count). The third-order valence-corrected chi connectivity index (χ3v) is 6.14. The molecule has 1 aliphatic heterocycles. The van der Waals surface area contributed by atoms with E-state index >= 15 is 0 Å². The van der Waals surface area contributed by atoms with Crippen molar-refractivity contribution >= 4 is 26.2 Å². The SMILES string of the molecule is CCNS(=O)(=O)CCNS(=O)(=O)N1CCCC(C(=O)O)C1. The van der Waals surface area contributed by atoms with Gasteiger partial charge in [0.05, 0.1) is 11.7 Å². The van der Waals surface area contributed by atoms with Crippen LogP contribution in [-0.4, -0.2) is 64.1 Å². The van der Waals surface area contributed by atoms with E-state index in [1.807, 2.05) is 0 Å². The summed E-state index contributed by atoms with van der Waals surface area (Å²) in [5.41, 5.74) is 0. The predicted octanol–water partition coefficient (Wildman–Crippen LogP) is -1.44. The largest absolute Gasteiger partial charge is 0.481 e. The molecule has 1 heterocycles. The van der Waals surface area contributed by atoms with Gasteiger partial charge in [-0.25, -0.2) is 17.9 Å². The molecule has 0 saturated carbocycles. The molecule has 0 aromatic rings. The molecule has 0 aliphatic carbocycles. The first-order valence-electron chi connectivity index (χ1n) is 6.63. The van der Waals surface area contributed by atoms with E-state index < -0.39 is 32.1 Å². The van der Waals surface area contributed by atoms with Gasteiger partial charge in [0, 0.05) is 26.2 Å². The Morgan fingerprint density at radius 2 is 1.95 bits per heavy atom. The molecule has 1 saturated heterocycles. The molecule has 1 fully saturated rings. The predicted molar refractivity (Wildman–Crippen MR) is 76.3 cm³/mol. The van der Waals surface area contributed by atoms with Crippen LogP contribution in [0.2, 0.25) is 0 Å². The van der Waals surface area contributed by atoms with Crippen LogP contribution in [-0.2, 0) is 25.0 Å². The van der Waals surface area contributed by atoms with Crippen molar-refractivity contribution in [2.75, 3.05) is 31.9 Å². The maximum Gasteiger partial charge on any atom is 0.307 e. The Hall–Kier alpha value is -0.750. The van der Waals surface area contributed by atoms with Gasteiger partial charge >= 0.3 is 5.97 Å². The summed E-state index contributed by atoms with van der Waals surface area (Å²) in [6.45, 7) is 1.75. The van der Waals surface area contributed by atoms with Crippen LogP contribution in [0.25, 0.3) is 0 Å².